The Balaban J connectivity index is 1.76. The number of morpholine rings is 1. The average Bonchev–Trinajstić information content (AvgIpc) is 3.14. The number of aromatic nitrogens is 2. The van der Waals surface area contributed by atoms with Gasteiger partial charge in [-0.15, -0.1) is 11.3 Å². The second kappa shape index (κ2) is 9.31. The lowest BCUT2D eigenvalue weighted by Crippen LogP contribution is -2.37. The molecule has 0 saturated carbocycles. The molecule has 9 heteroatoms. The number of nitrogens with zero attached hydrogens (tertiary/aromatic N) is 4. The predicted molar refractivity (Wildman–Crippen MR) is 112 cm³/mol. The molecule has 0 aromatic carbocycles. The fraction of sp³-hybridized carbons (Fsp3) is 0.526. The van der Waals surface area contributed by atoms with Crippen LogP contribution in [0.5, 0.6) is 6.01 Å². The number of nitrogens with one attached hydrogen (secondary N) is 1. The summed E-state index contributed by atoms with van der Waals surface area (Å²) in [4.78, 5) is 12.3. The van der Waals surface area contributed by atoms with Crippen LogP contribution in [0.15, 0.2) is 23.3 Å². The highest BCUT2D eigenvalue weighted by Gasteiger charge is 2.18. The van der Waals surface area contributed by atoms with E-state index in [-0.39, 0.29) is 12.6 Å². The highest BCUT2D eigenvalue weighted by molar-refractivity contribution is 7.16. The summed E-state index contributed by atoms with van der Waals surface area (Å²) in [6.45, 7) is 8.41. The molecule has 0 aliphatic carbocycles. The second-order valence-corrected chi connectivity index (χ2v) is 8.29. The van der Waals surface area contributed by atoms with E-state index < -0.39 is 5.60 Å². The molecule has 8 nitrogen and oxygen atoms in total. The number of ether oxygens (including phenoxy) is 2. The van der Waals surface area contributed by atoms with E-state index in [4.69, 9.17) is 9.47 Å². The fourth-order valence-corrected chi connectivity index (χ4v) is 3.34. The largest absolute Gasteiger partial charge is 0.460 e. The summed E-state index contributed by atoms with van der Waals surface area (Å²) in [6.07, 6.45) is 2.65. The molecule has 0 amide bonds. The standard InChI is InChI=1S/C19H27N5O3S/c1-4-15-5-6-17(28-15)23-20-12-14-11-16(24-7-9-26-10-8-24)22-18(21-14)27-13-19(2,3)25/h5-6,11-12,23,25H,4,7-10,13H2,1-3H3. The van der Waals surface area contributed by atoms with Crippen molar-refractivity contribution in [3.8, 4) is 6.01 Å². The molecule has 0 bridgehead atoms. The zero-order valence-electron chi connectivity index (χ0n) is 16.5. The third kappa shape index (κ3) is 6.15. The monoisotopic (exact) mass is 405 g/mol. The number of aliphatic hydroxyl groups is 1. The molecule has 28 heavy (non-hydrogen) atoms. The van der Waals surface area contributed by atoms with Crippen LogP contribution >= 0.6 is 11.3 Å². The summed E-state index contributed by atoms with van der Waals surface area (Å²) in [5.41, 5.74) is 2.69. The molecule has 1 saturated heterocycles. The number of rotatable bonds is 8. The maximum Gasteiger partial charge on any atom is 0.319 e. The summed E-state index contributed by atoms with van der Waals surface area (Å²) in [5.74, 6) is 0.759. The highest BCUT2D eigenvalue weighted by atomic mass is 32.1. The summed E-state index contributed by atoms with van der Waals surface area (Å²) >= 11 is 1.68. The molecule has 1 aliphatic rings. The van der Waals surface area contributed by atoms with Crippen LogP contribution in [0.3, 0.4) is 0 Å². The first-order chi connectivity index (χ1) is 13.4. The van der Waals surface area contributed by atoms with Gasteiger partial charge in [0.25, 0.3) is 0 Å². The van der Waals surface area contributed by atoms with Gasteiger partial charge in [-0.1, -0.05) is 6.92 Å². The van der Waals surface area contributed by atoms with Gasteiger partial charge < -0.3 is 19.5 Å². The number of hydrogen-bond donors (Lipinski definition) is 2. The van der Waals surface area contributed by atoms with E-state index in [1.54, 1.807) is 31.4 Å². The molecule has 0 radical (unpaired) electrons. The number of aryl methyl sites for hydroxylation is 1. The van der Waals surface area contributed by atoms with Gasteiger partial charge in [0.2, 0.25) is 0 Å². The Hall–Kier alpha value is -2.23. The van der Waals surface area contributed by atoms with Gasteiger partial charge in [-0.05, 0) is 32.4 Å². The molecule has 1 fully saturated rings. The molecule has 0 atom stereocenters. The van der Waals surface area contributed by atoms with E-state index in [0.717, 1.165) is 30.3 Å². The molecule has 0 unspecified atom stereocenters. The molecule has 3 heterocycles. The van der Waals surface area contributed by atoms with Crippen molar-refractivity contribution >= 4 is 28.4 Å². The minimum Gasteiger partial charge on any atom is -0.460 e. The average molecular weight is 406 g/mol. The molecule has 3 rings (SSSR count). The molecule has 2 aromatic rings. The summed E-state index contributed by atoms with van der Waals surface area (Å²) in [5, 5.41) is 15.2. The van der Waals surface area contributed by atoms with E-state index in [9.17, 15) is 5.11 Å². The third-order valence-corrected chi connectivity index (χ3v) is 5.12. The van der Waals surface area contributed by atoms with Crippen molar-refractivity contribution in [1.82, 2.24) is 9.97 Å². The van der Waals surface area contributed by atoms with Crippen LogP contribution in [0.4, 0.5) is 10.8 Å². The van der Waals surface area contributed by atoms with E-state index in [1.807, 2.05) is 12.1 Å². The van der Waals surface area contributed by atoms with Gasteiger partial charge in [-0.25, -0.2) is 0 Å². The highest BCUT2D eigenvalue weighted by Crippen LogP contribution is 2.22. The summed E-state index contributed by atoms with van der Waals surface area (Å²) < 4.78 is 11.0. The van der Waals surface area contributed by atoms with Crippen LogP contribution in [0.1, 0.15) is 31.3 Å². The van der Waals surface area contributed by atoms with Crippen LogP contribution in [0.2, 0.25) is 0 Å². The van der Waals surface area contributed by atoms with Crippen LogP contribution in [0.25, 0.3) is 0 Å². The van der Waals surface area contributed by atoms with Crippen molar-refractivity contribution < 1.29 is 14.6 Å². The van der Waals surface area contributed by atoms with E-state index in [1.165, 1.54) is 4.88 Å². The molecule has 1 aliphatic heterocycles. The molecule has 2 aromatic heterocycles. The summed E-state index contributed by atoms with van der Waals surface area (Å²) in [6, 6.07) is 6.20. The van der Waals surface area contributed by atoms with Crippen molar-refractivity contribution in [1.29, 1.82) is 0 Å². The van der Waals surface area contributed by atoms with Gasteiger partial charge >= 0.3 is 6.01 Å². The van der Waals surface area contributed by atoms with Crippen molar-refractivity contribution in [3.05, 3.63) is 28.8 Å². The van der Waals surface area contributed by atoms with Crippen LogP contribution < -0.4 is 15.1 Å². The first kappa shape index (κ1) is 20.5. The van der Waals surface area contributed by atoms with Gasteiger partial charge in [-0.2, -0.15) is 15.1 Å². The van der Waals surface area contributed by atoms with E-state index >= 15 is 0 Å². The Labute approximate surface area is 169 Å². The maximum absolute atomic E-state index is 9.91. The quantitative estimate of drug-likeness (QED) is 0.515. The van der Waals surface area contributed by atoms with Crippen molar-refractivity contribution in [2.24, 2.45) is 5.10 Å². The molecule has 0 spiro atoms. The minimum atomic E-state index is -0.968. The SMILES string of the molecule is CCc1ccc(NN=Cc2cc(N3CCOCC3)nc(OCC(C)(C)O)n2)s1. The number of hydrogen-bond acceptors (Lipinski definition) is 9. The zero-order chi connectivity index (χ0) is 20.0. The van der Waals surface area contributed by atoms with Crippen LogP contribution in [-0.2, 0) is 11.2 Å². The number of hydrazone groups is 1. The molecular weight excluding hydrogens is 378 g/mol. The minimum absolute atomic E-state index is 0.101. The van der Waals surface area contributed by atoms with Gasteiger partial charge in [-0.3, -0.25) is 5.43 Å². The summed E-state index contributed by atoms with van der Waals surface area (Å²) in [7, 11) is 0. The van der Waals surface area contributed by atoms with Crippen molar-refractivity contribution in [3.63, 3.8) is 0 Å². The van der Waals surface area contributed by atoms with Gasteiger partial charge in [0, 0.05) is 24.0 Å². The first-order valence-electron chi connectivity index (χ1n) is 9.38. The zero-order valence-corrected chi connectivity index (χ0v) is 17.3. The number of anilines is 2. The Morgan fingerprint density at radius 1 is 1.36 bits per heavy atom. The van der Waals surface area contributed by atoms with Crippen molar-refractivity contribution in [2.45, 2.75) is 32.8 Å². The lowest BCUT2D eigenvalue weighted by molar-refractivity contribution is 0.0250. The molecule has 152 valence electrons. The lowest BCUT2D eigenvalue weighted by atomic mass is 10.2. The maximum atomic E-state index is 9.91. The smallest absolute Gasteiger partial charge is 0.319 e. The van der Waals surface area contributed by atoms with Gasteiger partial charge in [0.05, 0.1) is 30.7 Å². The van der Waals surface area contributed by atoms with E-state index in [2.05, 4.69) is 38.4 Å². The fourth-order valence-electron chi connectivity index (χ4n) is 2.55. The van der Waals surface area contributed by atoms with Gasteiger partial charge in [0.1, 0.15) is 17.4 Å². The Morgan fingerprint density at radius 3 is 2.82 bits per heavy atom. The van der Waals surface area contributed by atoms with Crippen LogP contribution in [0, 0.1) is 0 Å². The molecular formula is C19H27N5O3S. The van der Waals surface area contributed by atoms with Crippen LogP contribution in [-0.4, -0.2) is 59.8 Å². The first-order valence-corrected chi connectivity index (χ1v) is 10.2. The van der Waals surface area contributed by atoms with E-state index in [0.29, 0.717) is 18.9 Å². The lowest BCUT2D eigenvalue weighted by Gasteiger charge is -2.28. The predicted octanol–water partition coefficient (Wildman–Crippen LogP) is 2.53. The molecule has 2 N–H and O–H groups in total. The Kier molecular flexibility index (Phi) is 6.82. The Bertz CT molecular complexity index is 797. The van der Waals surface area contributed by atoms with Gasteiger partial charge in [0.15, 0.2) is 0 Å². The number of thiophene rings is 1. The normalized spacial score (nSPS) is 15.2. The topological polar surface area (TPSA) is 92.1 Å². The third-order valence-electron chi connectivity index (χ3n) is 3.98. The Morgan fingerprint density at radius 2 is 2.14 bits per heavy atom. The van der Waals surface area contributed by atoms with Crippen molar-refractivity contribution in [2.75, 3.05) is 43.2 Å². The second-order valence-electron chi connectivity index (χ2n) is 7.12.